The van der Waals surface area contributed by atoms with Crippen LogP contribution >= 0.6 is 0 Å². The van der Waals surface area contributed by atoms with Crippen molar-refractivity contribution >= 4 is 0 Å². The van der Waals surface area contributed by atoms with E-state index in [1.807, 2.05) is 37.6 Å². The van der Waals surface area contributed by atoms with E-state index in [0.717, 1.165) is 23.6 Å². The second-order valence-corrected chi connectivity index (χ2v) is 6.33. The minimum absolute atomic E-state index is 0.192. The number of hydrogen-bond acceptors (Lipinski definition) is 3. The highest BCUT2D eigenvalue weighted by molar-refractivity contribution is 5.38. The standard InChI is InChI=1S/C19H28N2O2/c1-7-22-19-18(15(6)21(20-19)13(2)3)12-16-8-10-17(11-9-16)23-14(4)5/h8-11,13-14H,7,12H2,1-6H3. The Labute approximate surface area is 139 Å². The maximum Gasteiger partial charge on any atom is 0.236 e. The molecule has 0 amide bonds. The Morgan fingerprint density at radius 2 is 1.74 bits per heavy atom. The van der Waals surface area contributed by atoms with Crippen LogP contribution in [-0.4, -0.2) is 22.5 Å². The van der Waals surface area contributed by atoms with Gasteiger partial charge in [-0.1, -0.05) is 12.1 Å². The van der Waals surface area contributed by atoms with E-state index in [1.54, 1.807) is 0 Å². The summed E-state index contributed by atoms with van der Waals surface area (Å²) in [4.78, 5) is 0. The van der Waals surface area contributed by atoms with Crippen LogP contribution in [0.15, 0.2) is 24.3 Å². The van der Waals surface area contributed by atoms with Crippen LogP contribution in [0.25, 0.3) is 0 Å². The summed E-state index contributed by atoms with van der Waals surface area (Å²) < 4.78 is 13.5. The Kier molecular flexibility index (Phi) is 5.69. The molecule has 0 saturated heterocycles. The monoisotopic (exact) mass is 316 g/mol. The normalized spacial score (nSPS) is 11.3. The van der Waals surface area contributed by atoms with Gasteiger partial charge >= 0.3 is 0 Å². The van der Waals surface area contributed by atoms with Crippen molar-refractivity contribution in [3.63, 3.8) is 0 Å². The van der Waals surface area contributed by atoms with Crippen molar-refractivity contribution in [2.24, 2.45) is 0 Å². The zero-order chi connectivity index (χ0) is 17.0. The van der Waals surface area contributed by atoms with E-state index in [-0.39, 0.29) is 6.10 Å². The number of aromatic nitrogens is 2. The number of benzene rings is 1. The Morgan fingerprint density at radius 3 is 2.26 bits per heavy atom. The molecule has 0 unspecified atom stereocenters. The molecule has 2 aromatic rings. The number of nitrogens with zero attached hydrogens (tertiary/aromatic N) is 2. The maximum atomic E-state index is 5.74. The summed E-state index contributed by atoms with van der Waals surface area (Å²) >= 11 is 0. The van der Waals surface area contributed by atoms with Crippen molar-refractivity contribution in [3.8, 4) is 11.6 Å². The predicted molar refractivity (Wildman–Crippen MR) is 93.5 cm³/mol. The van der Waals surface area contributed by atoms with Gasteiger partial charge in [0.25, 0.3) is 0 Å². The summed E-state index contributed by atoms with van der Waals surface area (Å²) in [6, 6.07) is 8.60. The van der Waals surface area contributed by atoms with Crippen LogP contribution < -0.4 is 9.47 Å². The van der Waals surface area contributed by atoms with Crippen LogP contribution in [0.5, 0.6) is 11.6 Å². The largest absolute Gasteiger partial charge is 0.491 e. The molecule has 1 aromatic carbocycles. The van der Waals surface area contributed by atoms with Crippen LogP contribution in [0.2, 0.25) is 0 Å². The lowest BCUT2D eigenvalue weighted by Crippen LogP contribution is -2.05. The molecular formula is C19H28N2O2. The summed E-state index contributed by atoms with van der Waals surface area (Å²) in [6.45, 7) is 13.1. The van der Waals surface area contributed by atoms with Crippen LogP contribution in [0.3, 0.4) is 0 Å². The Bertz CT molecular complexity index is 628. The van der Waals surface area contributed by atoms with Crippen LogP contribution in [0.1, 0.15) is 57.5 Å². The molecule has 1 heterocycles. The molecule has 0 N–H and O–H groups in total. The van der Waals surface area contributed by atoms with E-state index in [2.05, 4.69) is 38.0 Å². The quantitative estimate of drug-likeness (QED) is 0.752. The molecule has 23 heavy (non-hydrogen) atoms. The number of ether oxygens (including phenoxy) is 2. The molecule has 2 rings (SSSR count). The lowest BCUT2D eigenvalue weighted by atomic mass is 10.1. The fourth-order valence-electron chi connectivity index (χ4n) is 2.65. The molecule has 1 aromatic heterocycles. The fraction of sp³-hybridized carbons (Fsp3) is 0.526. The van der Waals surface area contributed by atoms with Crippen molar-refractivity contribution in [2.45, 2.75) is 60.1 Å². The molecular weight excluding hydrogens is 288 g/mol. The first kappa shape index (κ1) is 17.4. The maximum absolute atomic E-state index is 5.74. The molecule has 4 heteroatoms. The molecule has 4 nitrogen and oxygen atoms in total. The highest BCUT2D eigenvalue weighted by atomic mass is 16.5. The van der Waals surface area contributed by atoms with Gasteiger partial charge in [0.2, 0.25) is 5.88 Å². The molecule has 0 aliphatic carbocycles. The zero-order valence-electron chi connectivity index (χ0n) is 15.1. The van der Waals surface area contributed by atoms with Crippen molar-refractivity contribution in [1.29, 1.82) is 0 Å². The molecule has 0 spiro atoms. The molecule has 0 fully saturated rings. The van der Waals surface area contributed by atoms with Crippen molar-refractivity contribution in [3.05, 3.63) is 41.1 Å². The summed E-state index contributed by atoms with van der Waals surface area (Å²) in [5, 5.41) is 4.62. The van der Waals surface area contributed by atoms with E-state index >= 15 is 0 Å². The Balaban J connectivity index is 2.24. The van der Waals surface area contributed by atoms with Gasteiger partial charge in [0.05, 0.1) is 12.7 Å². The average Bonchev–Trinajstić information content (AvgIpc) is 2.78. The van der Waals surface area contributed by atoms with Crippen molar-refractivity contribution in [2.75, 3.05) is 6.61 Å². The van der Waals surface area contributed by atoms with Gasteiger partial charge in [-0.2, -0.15) is 0 Å². The van der Waals surface area contributed by atoms with Gasteiger partial charge < -0.3 is 9.47 Å². The van der Waals surface area contributed by atoms with Gasteiger partial charge in [-0.15, -0.1) is 5.10 Å². The van der Waals surface area contributed by atoms with Gasteiger partial charge in [-0.3, -0.25) is 4.68 Å². The average molecular weight is 316 g/mol. The third-order valence-electron chi connectivity index (χ3n) is 3.68. The number of hydrogen-bond donors (Lipinski definition) is 0. The minimum Gasteiger partial charge on any atom is -0.491 e. The van der Waals surface area contributed by atoms with Crippen LogP contribution in [0, 0.1) is 6.92 Å². The second-order valence-electron chi connectivity index (χ2n) is 6.33. The third-order valence-corrected chi connectivity index (χ3v) is 3.68. The summed E-state index contributed by atoms with van der Waals surface area (Å²) in [6.07, 6.45) is 1.01. The Morgan fingerprint density at radius 1 is 1.09 bits per heavy atom. The van der Waals surface area contributed by atoms with Crippen molar-refractivity contribution < 1.29 is 9.47 Å². The van der Waals surface area contributed by atoms with E-state index in [1.165, 1.54) is 11.3 Å². The smallest absolute Gasteiger partial charge is 0.236 e. The molecule has 0 bridgehead atoms. The molecule has 0 atom stereocenters. The SMILES string of the molecule is CCOc1nn(C(C)C)c(C)c1Cc1ccc(OC(C)C)cc1. The summed E-state index contributed by atoms with van der Waals surface area (Å²) in [7, 11) is 0. The molecule has 0 aliphatic rings. The summed E-state index contributed by atoms with van der Waals surface area (Å²) in [5.41, 5.74) is 3.57. The van der Waals surface area contributed by atoms with E-state index in [9.17, 15) is 0 Å². The van der Waals surface area contributed by atoms with E-state index in [0.29, 0.717) is 12.6 Å². The first-order valence-electron chi connectivity index (χ1n) is 8.38. The minimum atomic E-state index is 0.192. The van der Waals surface area contributed by atoms with Crippen molar-refractivity contribution in [1.82, 2.24) is 9.78 Å². The van der Waals surface area contributed by atoms with E-state index < -0.39 is 0 Å². The van der Waals surface area contributed by atoms with Gasteiger partial charge in [-0.05, 0) is 59.2 Å². The lowest BCUT2D eigenvalue weighted by Gasteiger charge is -2.11. The predicted octanol–water partition coefficient (Wildman–Crippen LogP) is 4.55. The zero-order valence-corrected chi connectivity index (χ0v) is 15.1. The fourth-order valence-corrected chi connectivity index (χ4v) is 2.65. The number of rotatable bonds is 7. The second kappa shape index (κ2) is 7.53. The molecule has 126 valence electrons. The van der Waals surface area contributed by atoms with Gasteiger partial charge in [0.15, 0.2) is 0 Å². The molecule has 0 saturated carbocycles. The lowest BCUT2D eigenvalue weighted by molar-refractivity contribution is 0.242. The van der Waals surface area contributed by atoms with Gasteiger partial charge in [0, 0.05) is 23.7 Å². The first-order valence-corrected chi connectivity index (χ1v) is 8.38. The van der Waals surface area contributed by atoms with Crippen LogP contribution in [0.4, 0.5) is 0 Å². The first-order chi connectivity index (χ1) is 10.9. The topological polar surface area (TPSA) is 36.3 Å². The summed E-state index contributed by atoms with van der Waals surface area (Å²) in [5.74, 6) is 1.66. The Hall–Kier alpha value is -1.97. The van der Waals surface area contributed by atoms with Crippen LogP contribution in [-0.2, 0) is 6.42 Å². The highest BCUT2D eigenvalue weighted by Gasteiger charge is 2.17. The third kappa shape index (κ3) is 4.27. The molecule has 0 aliphatic heterocycles. The van der Waals surface area contributed by atoms with Gasteiger partial charge in [-0.25, -0.2) is 0 Å². The molecule has 0 radical (unpaired) electrons. The highest BCUT2D eigenvalue weighted by Crippen LogP contribution is 2.27. The van der Waals surface area contributed by atoms with Gasteiger partial charge in [0.1, 0.15) is 5.75 Å². The van der Waals surface area contributed by atoms with E-state index in [4.69, 9.17) is 9.47 Å².